The molecule has 0 spiro atoms. The molecule has 1 aromatic heterocycles. The van der Waals surface area contributed by atoms with Crippen molar-refractivity contribution >= 4 is 11.9 Å². The maximum atomic E-state index is 9.77. The van der Waals surface area contributed by atoms with Crippen LogP contribution in [0.25, 0.3) is 0 Å². The van der Waals surface area contributed by atoms with Crippen LogP contribution in [0.15, 0.2) is 24.5 Å². The number of likely N-dealkylation sites (tertiary alicyclic amines) is 1. The Hall–Kier alpha value is -2.03. The van der Waals surface area contributed by atoms with Gasteiger partial charge in [-0.05, 0) is 38.1 Å². The fraction of sp³-hybridized carbons (Fsp3) is 0.500. The zero-order chi connectivity index (χ0) is 16.7. The van der Waals surface area contributed by atoms with Crippen molar-refractivity contribution in [2.75, 3.05) is 13.6 Å². The lowest BCUT2D eigenvalue weighted by atomic mass is 10.1. The Morgan fingerprint density at radius 2 is 1.86 bits per heavy atom. The Morgan fingerprint density at radius 3 is 2.23 bits per heavy atom. The number of nitrogens with zero attached hydrogens (tertiary/aromatic N) is 2. The minimum atomic E-state index is -2.27. The lowest BCUT2D eigenvalue weighted by Gasteiger charge is -2.18. The molecule has 1 aliphatic heterocycles. The van der Waals surface area contributed by atoms with Crippen LogP contribution in [0.2, 0.25) is 0 Å². The number of carboxylic acids is 2. The molecule has 1 aliphatic rings. The third-order valence-corrected chi connectivity index (χ3v) is 3.39. The van der Waals surface area contributed by atoms with Crippen molar-refractivity contribution in [3.8, 4) is 0 Å². The largest absolute Gasteiger partial charge is 0.479 e. The molecule has 122 valence electrons. The number of hydrogen-bond donors (Lipinski definition) is 4. The van der Waals surface area contributed by atoms with Crippen LogP contribution in [-0.4, -0.2) is 68.0 Å². The van der Waals surface area contributed by atoms with E-state index >= 15 is 0 Å². The molecule has 0 radical (unpaired) electrons. The fourth-order valence-corrected chi connectivity index (χ4v) is 2.17. The first kappa shape index (κ1) is 18.0. The molecule has 8 heteroatoms. The van der Waals surface area contributed by atoms with Gasteiger partial charge < -0.3 is 20.4 Å². The third-order valence-electron chi connectivity index (χ3n) is 3.39. The monoisotopic (exact) mass is 312 g/mol. The molecule has 2 rings (SSSR count). The molecule has 1 saturated heterocycles. The first-order valence-electron chi connectivity index (χ1n) is 6.76. The van der Waals surface area contributed by atoms with Crippen LogP contribution in [0, 0.1) is 0 Å². The van der Waals surface area contributed by atoms with Crippen LogP contribution in [0.5, 0.6) is 0 Å². The summed E-state index contributed by atoms with van der Waals surface area (Å²) in [6.45, 7) is 1.22. The number of aliphatic carboxylic acids is 2. The number of aliphatic hydroxyl groups excluding tert-OH is 2. The number of rotatable bonds is 4. The lowest BCUT2D eigenvalue weighted by Crippen LogP contribution is -2.39. The zero-order valence-electron chi connectivity index (χ0n) is 12.2. The standard InChI is InChI=1S/C10H14N2.C4H6O6/c1-12-7-3-5-10(12)9-4-2-6-11-8-9;5-1(3(7)8)2(6)4(9)10/h2,4,6,8,10H,3,5,7H2,1H3;1-2,5-6H,(H,7,8)(H,9,10)/t10-;/m1./s1. The van der Waals surface area contributed by atoms with E-state index in [1.54, 1.807) is 0 Å². The van der Waals surface area contributed by atoms with E-state index in [-0.39, 0.29) is 0 Å². The van der Waals surface area contributed by atoms with Gasteiger partial charge >= 0.3 is 11.9 Å². The molecule has 0 aromatic carbocycles. The average molecular weight is 312 g/mol. The van der Waals surface area contributed by atoms with E-state index in [0.29, 0.717) is 6.04 Å². The van der Waals surface area contributed by atoms with E-state index in [1.807, 2.05) is 18.5 Å². The first-order chi connectivity index (χ1) is 10.3. The summed E-state index contributed by atoms with van der Waals surface area (Å²) in [7, 11) is 2.19. The van der Waals surface area contributed by atoms with E-state index in [2.05, 4.69) is 23.0 Å². The predicted molar refractivity (Wildman–Crippen MR) is 76.1 cm³/mol. The Kier molecular flexibility index (Phi) is 6.90. The molecule has 0 aliphatic carbocycles. The molecule has 2 unspecified atom stereocenters. The smallest absolute Gasteiger partial charge is 0.335 e. The molecule has 8 nitrogen and oxygen atoms in total. The van der Waals surface area contributed by atoms with E-state index in [4.69, 9.17) is 20.4 Å². The van der Waals surface area contributed by atoms with Crippen molar-refractivity contribution in [3.05, 3.63) is 30.1 Å². The summed E-state index contributed by atoms with van der Waals surface area (Å²) in [5.74, 6) is -3.54. The Labute approximate surface area is 127 Å². The predicted octanol–water partition coefficient (Wildman–Crippen LogP) is -0.274. The van der Waals surface area contributed by atoms with Crippen LogP contribution in [0.3, 0.4) is 0 Å². The van der Waals surface area contributed by atoms with Crippen LogP contribution in [0.1, 0.15) is 24.4 Å². The second-order valence-corrected chi connectivity index (χ2v) is 4.99. The van der Waals surface area contributed by atoms with Crippen LogP contribution in [-0.2, 0) is 9.59 Å². The number of aromatic nitrogens is 1. The fourth-order valence-electron chi connectivity index (χ4n) is 2.17. The second kappa shape index (κ2) is 8.42. The molecule has 0 bridgehead atoms. The van der Waals surface area contributed by atoms with Crippen molar-refractivity contribution in [3.63, 3.8) is 0 Å². The molecular weight excluding hydrogens is 292 g/mol. The van der Waals surface area contributed by atoms with Gasteiger partial charge in [0.15, 0.2) is 12.2 Å². The van der Waals surface area contributed by atoms with Gasteiger partial charge in [0.2, 0.25) is 0 Å². The van der Waals surface area contributed by atoms with Gasteiger partial charge in [0.1, 0.15) is 0 Å². The summed E-state index contributed by atoms with van der Waals surface area (Å²) in [4.78, 5) is 26.1. The van der Waals surface area contributed by atoms with E-state index in [1.165, 1.54) is 24.9 Å². The Balaban J connectivity index is 0.000000225. The first-order valence-corrected chi connectivity index (χ1v) is 6.76. The normalized spacial score (nSPS) is 20.6. The lowest BCUT2D eigenvalue weighted by molar-refractivity contribution is -0.165. The van der Waals surface area contributed by atoms with Crippen molar-refractivity contribution in [1.29, 1.82) is 0 Å². The number of aliphatic hydroxyl groups is 2. The number of hydrogen-bond acceptors (Lipinski definition) is 6. The minimum Gasteiger partial charge on any atom is -0.479 e. The molecular formula is C14H20N2O6. The molecule has 1 fully saturated rings. The highest BCUT2D eigenvalue weighted by Crippen LogP contribution is 2.29. The number of carbonyl (C=O) groups is 2. The zero-order valence-corrected chi connectivity index (χ0v) is 12.2. The van der Waals surface area contributed by atoms with Crippen molar-refractivity contribution in [1.82, 2.24) is 9.88 Å². The average Bonchev–Trinajstić information content (AvgIpc) is 2.93. The topological polar surface area (TPSA) is 131 Å². The maximum Gasteiger partial charge on any atom is 0.335 e. The summed E-state index contributed by atoms with van der Waals surface area (Å²) in [6, 6.07) is 4.79. The molecule has 4 N–H and O–H groups in total. The summed E-state index contributed by atoms with van der Waals surface area (Å²) < 4.78 is 0. The van der Waals surface area contributed by atoms with E-state index in [9.17, 15) is 9.59 Å². The highest BCUT2D eigenvalue weighted by molar-refractivity contribution is 5.83. The van der Waals surface area contributed by atoms with Gasteiger partial charge in [-0.2, -0.15) is 0 Å². The molecule has 22 heavy (non-hydrogen) atoms. The van der Waals surface area contributed by atoms with Gasteiger partial charge in [-0.15, -0.1) is 0 Å². The third kappa shape index (κ3) is 5.06. The summed E-state index contributed by atoms with van der Waals surface area (Å²) >= 11 is 0. The second-order valence-electron chi connectivity index (χ2n) is 4.99. The van der Waals surface area contributed by atoms with Gasteiger partial charge in [-0.1, -0.05) is 6.07 Å². The SMILES string of the molecule is CN1CCC[C@@H]1c1cccnc1.O=C(O)C(O)C(O)C(=O)O. The highest BCUT2D eigenvalue weighted by Gasteiger charge is 2.29. The van der Waals surface area contributed by atoms with E-state index in [0.717, 1.165) is 0 Å². The summed E-state index contributed by atoms with van der Waals surface area (Å²) in [6.07, 6.45) is 1.87. The molecule has 0 amide bonds. The van der Waals surface area contributed by atoms with Gasteiger partial charge in [0.25, 0.3) is 0 Å². The van der Waals surface area contributed by atoms with Gasteiger partial charge in [0, 0.05) is 18.4 Å². The quantitative estimate of drug-likeness (QED) is 0.597. The molecule has 0 saturated carbocycles. The summed E-state index contributed by atoms with van der Waals surface area (Å²) in [5, 5.41) is 32.5. The maximum absolute atomic E-state index is 9.77. The Morgan fingerprint density at radius 1 is 1.27 bits per heavy atom. The number of pyridine rings is 1. The van der Waals surface area contributed by atoms with Crippen molar-refractivity contribution in [2.24, 2.45) is 0 Å². The van der Waals surface area contributed by atoms with Crippen molar-refractivity contribution in [2.45, 2.75) is 31.1 Å². The van der Waals surface area contributed by atoms with E-state index < -0.39 is 24.1 Å². The minimum absolute atomic E-state index is 0.610. The Bertz CT molecular complexity index is 477. The van der Waals surface area contributed by atoms with Crippen LogP contribution >= 0.6 is 0 Å². The van der Waals surface area contributed by atoms with Crippen LogP contribution < -0.4 is 0 Å². The molecule has 3 atom stereocenters. The molecule has 1 aromatic rings. The number of carboxylic acid groups (broad SMARTS) is 2. The van der Waals surface area contributed by atoms with Gasteiger partial charge in [-0.25, -0.2) is 9.59 Å². The molecule has 2 heterocycles. The summed E-state index contributed by atoms with van der Waals surface area (Å²) in [5.41, 5.74) is 1.36. The highest BCUT2D eigenvalue weighted by atomic mass is 16.4. The van der Waals surface area contributed by atoms with Crippen molar-refractivity contribution < 1.29 is 30.0 Å². The van der Waals surface area contributed by atoms with Gasteiger partial charge in [0.05, 0.1) is 0 Å². The van der Waals surface area contributed by atoms with Gasteiger partial charge in [-0.3, -0.25) is 9.88 Å². The van der Waals surface area contributed by atoms with Crippen LogP contribution in [0.4, 0.5) is 0 Å².